The van der Waals surface area contributed by atoms with Gasteiger partial charge in [0.1, 0.15) is 17.2 Å². The molecular formula is C26H30N4O4. The van der Waals surface area contributed by atoms with Crippen molar-refractivity contribution < 1.29 is 19.0 Å². The van der Waals surface area contributed by atoms with Crippen LogP contribution in [-0.4, -0.2) is 68.0 Å². The lowest BCUT2D eigenvalue weighted by Crippen LogP contribution is -2.50. The van der Waals surface area contributed by atoms with Crippen LogP contribution in [0, 0.1) is 13.8 Å². The lowest BCUT2D eigenvalue weighted by atomic mass is 10.0. The van der Waals surface area contributed by atoms with Crippen LogP contribution in [-0.2, 0) is 4.79 Å². The van der Waals surface area contributed by atoms with Crippen molar-refractivity contribution in [2.75, 3.05) is 51.9 Å². The van der Waals surface area contributed by atoms with Crippen molar-refractivity contribution in [1.82, 2.24) is 15.1 Å². The summed E-state index contributed by atoms with van der Waals surface area (Å²) < 4.78 is 16.2. The first-order valence-corrected chi connectivity index (χ1v) is 11.3. The molecule has 4 rings (SSSR count). The number of piperazine rings is 1. The number of hydrogen-bond donors (Lipinski definition) is 0. The molecule has 178 valence electrons. The minimum Gasteiger partial charge on any atom is -0.496 e. The van der Waals surface area contributed by atoms with E-state index in [2.05, 4.69) is 47.1 Å². The topological polar surface area (TPSA) is 77.0 Å². The lowest BCUT2D eigenvalue weighted by molar-refractivity contribution is -0.133. The Morgan fingerprint density at radius 3 is 2.09 bits per heavy atom. The van der Waals surface area contributed by atoms with Crippen LogP contribution in [0.1, 0.15) is 11.1 Å². The molecular weight excluding hydrogens is 432 g/mol. The number of hydrogen-bond acceptors (Lipinski definition) is 7. The number of rotatable bonds is 7. The van der Waals surface area contributed by atoms with E-state index >= 15 is 0 Å². The van der Waals surface area contributed by atoms with Gasteiger partial charge in [-0.2, -0.15) is 0 Å². The molecule has 0 saturated carbocycles. The SMILES string of the molecule is COc1cc(OC)cc(OCC(=O)N2CCN(c3ccc(-c4ccc(C)c(C)c4)nn3)CC2)c1. The number of ether oxygens (including phenoxy) is 3. The maximum absolute atomic E-state index is 12.7. The maximum Gasteiger partial charge on any atom is 0.260 e. The van der Waals surface area contributed by atoms with Gasteiger partial charge in [0, 0.05) is 49.9 Å². The number of benzene rings is 2. The zero-order valence-electron chi connectivity index (χ0n) is 20.1. The zero-order chi connectivity index (χ0) is 24.1. The summed E-state index contributed by atoms with van der Waals surface area (Å²) in [7, 11) is 3.15. The van der Waals surface area contributed by atoms with Crippen LogP contribution < -0.4 is 19.1 Å². The van der Waals surface area contributed by atoms with E-state index in [1.165, 1.54) is 11.1 Å². The largest absolute Gasteiger partial charge is 0.496 e. The second-order valence-electron chi connectivity index (χ2n) is 8.28. The summed E-state index contributed by atoms with van der Waals surface area (Å²) in [5.74, 6) is 2.51. The molecule has 1 fully saturated rings. The number of amides is 1. The monoisotopic (exact) mass is 462 g/mol. The Labute approximate surface area is 200 Å². The molecule has 1 aliphatic rings. The minimum absolute atomic E-state index is 0.0409. The van der Waals surface area contributed by atoms with E-state index in [1.807, 2.05) is 17.0 Å². The zero-order valence-corrected chi connectivity index (χ0v) is 20.1. The number of nitrogens with zero attached hydrogens (tertiary/aromatic N) is 4. The maximum atomic E-state index is 12.7. The summed E-state index contributed by atoms with van der Waals surface area (Å²) in [6.07, 6.45) is 0. The van der Waals surface area contributed by atoms with Crippen LogP contribution in [0.4, 0.5) is 5.82 Å². The molecule has 3 aromatic rings. The fourth-order valence-corrected chi connectivity index (χ4v) is 3.83. The van der Waals surface area contributed by atoms with Gasteiger partial charge in [-0.3, -0.25) is 4.79 Å². The van der Waals surface area contributed by atoms with Gasteiger partial charge < -0.3 is 24.0 Å². The third-order valence-corrected chi connectivity index (χ3v) is 6.10. The van der Waals surface area contributed by atoms with Gasteiger partial charge >= 0.3 is 0 Å². The number of aryl methyl sites for hydroxylation is 2. The van der Waals surface area contributed by atoms with E-state index in [0.717, 1.165) is 17.1 Å². The van der Waals surface area contributed by atoms with Crippen molar-refractivity contribution in [2.24, 2.45) is 0 Å². The molecule has 1 aliphatic heterocycles. The second kappa shape index (κ2) is 10.4. The molecule has 0 unspecified atom stereocenters. The molecule has 1 saturated heterocycles. The van der Waals surface area contributed by atoms with E-state index in [-0.39, 0.29) is 12.5 Å². The van der Waals surface area contributed by atoms with Crippen molar-refractivity contribution in [2.45, 2.75) is 13.8 Å². The average Bonchev–Trinajstić information content (AvgIpc) is 2.88. The van der Waals surface area contributed by atoms with Gasteiger partial charge in [-0.1, -0.05) is 12.1 Å². The summed E-state index contributed by atoms with van der Waals surface area (Å²) in [5.41, 5.74) is 4.41. The number of anilines is 1. The van der Waals surface area contributed by atoms with Crippen molar-refractivity contribution >= 4 is 11.7 Å². The van der Waals surface area contributed by atoms with E-state index in [4.69, 9.17) is 14.2 Å². The molecule has 0 bridgehead atoms. The van der Waals surface area contributed by atoms with Crippen LogP contribution in [0.15, 0.2) is 48.5 Å². The second-order valence-corrected chi connectivity index (χ2v) is 8.28. The Bertz CT molecular complexity index is 1120. The van der Waals surface area contributed by atoms with Crippen LogP contribution in [0.25, 0.3) is 11.3 Å². The Balaban J connectivity index is 1.30. The average molecular weight is 463 g/mol. The number of aromatic nitrogens is 2. The highest BCUT2D eigenvalue weighted by molar-refractivity contribution is 5.78. The first-order valence-electron chi connectivity index (χ1n) is 11.3. The summed E-state index contributed by atoms with van der Waals surface area (Å²) >= 11 is 0. The van der Waals surface area contributed by atoms with Crippen LogP contribution in [0.5, 0.6) is 17.2 Å². The molecule has 0 N–H and O–H groups in total. The number of carbonyl (C=O) groups excluding carboxylic acids is 1. The highest BCUT2D eigenvalue weighted by atomic mass is 16.5. The molecule has 1 aromatic heterocycles. The molecule has 0 aliphatic carbocycles. The van der Waals surface area contributed by atoms with Crippen LogP contribution in [0.3, 0.4) is 0 Å². The van der Waals surface area contributed by atoms with Crippen molar-refractivity contribution in [3.8, 4) is 28.5 Å². The van der Waals surface area contributed by atoms with Gasteiger partial charge in [-0.15, -0.1) is 10.2 Å². The van der Waals surface area contributed by atoms with E-state index in [1.54, 1.807) is 32.4 Å². The Morgan fingerprint density at radius 1 is 0.824 bits per heavy atom. The predicted octanol–water partition coefficient (Wildman–Crippen LogP) is 3.51. The van der Waals surface area contributed by atoms with Gasteiger partial charge in [0.25, 0.3) is 5.91 Å². The van der Waals surface area contributed by atoms with E-state index in [0.29, 0.717) is 43.4 Å². The molecule has 0 radical (unpaired) electrons. The summed E-state index contributed by atoms with van der Waals surface area (Å²) in [5, 5.41) is 8.86. The van der Waals surface area contributed by atoms with Gasteiger partial charge in [-0.25, -0.2) is 0 Å². The molecule has 8 heteroatoms. The third-order valence-electron chi connectivity index (χ3n) is 6.10. The predicted molar refractivity (Wildman–Crippen MR) is 131 cm³/mol. The lowest BCUT2D eigenvalue weighted by Gasteiger charge is -2.35. The highest BCUT2D eigenvalue weighted by Crippen LogP contribution is 2.27. The summed E-state index contributed by atoms with van der Waals surface area (Å²) in [4.78, 5) is 16.6. The Hall–Kier alpha value is -3.81. The standard InChI is InChI=1S/C26H30N4O4/c1-18-5-6-20(13-19(18)2)24-7-8-25(28-27-24)29-9-11-30(12-10-29)26(31)17-34-23-15-21(32-3)14-22(16-23)33-4/h5-8,13-16H,9-12,17H2,1-4H3. The van der Waals surface area contributed by atoms with Crippen LogP contribution >= 0.6 is 0 Å². The first kappa shape index (κ1) is 23.4. The minimum atomic E-state index is -0.0578. The van der Waals surface area contributed by atoms with Gasteiger partial charge in [0.05, 0.1) is 19.9 Å². The van der Waals surface area contributed by atoms with Gasteiger partial charge in [-0.05, 0) is 43.2 Å². The van der Waals surface area contributed by atoms with Crippen molar-refractivity contribution in [3.05, 3.63) is 59.7 Å². The first-order chi connectivity index (χ1) is 16.5. The van der Waals surface area contributed by atoms with E-state index in [9.17, 15) is 4.79 Å². The Morgan fingerprint density at radius 2 is 1.50 bits per heavy atom. The quantitative estimate of drug-likeness (QED) is 0.532. The molecule has 2 aromatic carbocycles. The van der Waals surface area contributed by atoms with E-state index < -0.39 is 0 Å². The normalized spacial score (nSPS) is 13.5. The highest BCUT2D eigenvalue weighted by Gasteiger charge is 2.22. The molecule has 0 spiro atoms. The molecule has 34 heavy (non-hydrogen) atoms. The van der Waals surface area contributed by atoms with Crippen molar-refractivity contribution in [3.63, 3.8) is 0 Å². The number of methoxy groups -OCH3 is 2. The molecule has 1 amide bonds. The van der Waals surface area contributed by atoms with Gasteiger partial charge in [0.2, 0.25) is 0 Å². The molecule has 8 nitrogen and oxygen atoms in total. The summed E-state index contributed by atoms with van der Waals surface area (Å²) in [6.45, 7) is 6.74. The van der Waals surface area contributed by atoms with Crippen LogP contribution in [0.2, 0.25) is 0 Å². The summed E-state index contributed by atoms with van der Waals surface area (Å²) in [6, 6.07) is 15.5. The van der Waals surface area contributed by atoms with Crippen molar-refractivity contribution in [1.29, 1.82) is 0 Å². The third kappa shape index (κ3) is 5.39. The fourth-order valence-electron chi connectivity index (χ4n) is 3.83. The smallest absolute Gasteiger partial charge is 0.260 e. The fraction of sp³-hybridized carbons (Fsp3) is 0.346. The van der Waals surface area contributed by atoms with Gasteiger partial charge in [0.15, 0.2) is 12.4 Å². The molecule has 2 heterocycles. The molecule has 0 atom stereocenters. The number of carbonyl (C=O) groups is 1. The Kier molecular flexibility index (Phi) is 7.15.